The Kier molecular flexibility index (Phi) is 2.78. The molecule has 3 nitrogen and oxygen atoms in total. The summed E-state index contributed by atoms with van der Waals surface area (Å²) in [7, 11) is 0. The molecule has 0 aromatic heterocycles. The summed E-state index contributed by atoms with van der Waals surface area (Å²) < 4.78 is 13.0. The third kappa shape index (κ3) is 2.25. The number of carboxylic acids is 1. The van der Waals surface area contributed by atoms with Gasteiger partial charge in [-0.1, -0.05) is 30.0 Å². The van der Waals surface area contributed by atoms with Gasteiger partial charge in [0.15, 0.2) is 0 Å². The molecule has 0 unspecified atom stereocenters. The van der Waals surface area contributed by atoms with Gasteiger partial charge in [0.25, 0.3) is 0 Å². The molecule has 0 saturated carbocycles. The van der Waals surface area contributed by atoms with E-state index in [1.807, 2.05) is 0 Å². The summed E-state index contributed by atoms with van der Waals surface area (Å²) in [5.41, 5.74) is 0.723. The van der Waals surface area contributed by atoms with E-state index in [9.17, 15) is 14.3 Å². The van der Waals surface area contributed by atoms with Crippen LogP contribution in [0.25, 0.3) is 11.1 Å². The Balaban J connectivity index is 2.54. The molecule has 17 heavy (non-hydrogen) atoms. The van der Waals surface area contributed by atoms with Crippen LogP contribution in [-0.2, 0) is 0 Å². The monoisotopic (exact) mass is 231 g/mol. The minimum absolute atomic E-state index is 0.313. The van der Waals surface area contributed by atoms with E-state index < -0.39 is 17.5 Å². The number of carbonyl (C=O) groups is 1. The summed E-state index contributed by atoms with van der Waals surface area (Å²) in [6.07, 6.45) is 0. The van der Waals surface area contributed by atoms with Crippen LogP contribution >= 0.6 is 0 Å². The van der Waals surface area contributed by atoms with Gasteiger partial charge in [-0.15, -0.1) is 0 Å². The average Bonchev–Trinajstić information content (AvgIpc) is 2.29. The minimum Gasteiger partial charge on any atom is -0.872 e. The molecule has 0 heterocycles. The molecule has 0 radical (unpaired) electrons. The second kappa shape index (κ2) is 4.25. The van der Waals surface area contributed by atoms with Gasteiger partial charge < -0.3 is 10.2 Å². The van der Waals surface area contributed by atoms with Gasteiger partial charge in [0, 0.05) is 0 Å². The van der Waals surface area contributed by atoms with Gasteiger partial charge in [0.05, 0.1) is 5.56 Å². The highest BCUT2D eigenvalue weighted by Crippen LogP contribution is 2.25. The van der Waals surface area contributed by atoms with E-state index in [0.717, 1.165) is 0 Å². The van der Waals surface area contributed by atoms with Crippen LogP contribution in [0.3, 0.4) is 0 Å². The predicted octanol–water partition coefficient (Wildman–Crippen LogP) is 2.26. The Morgan fingerprint density at radius 2 is 1.82 bits per heavy atom. The molecule has 4 heteroatoms. The van der Waals surface area contributed by atoms with Gasteiger partial charge in [0.1, 0.15) is 5.82 Å². The predicted molar refractivity (Wildman–Crippen MR) is 58.2 cm³/mol. The number of benzene rings is 2. The highest BCUT2D eigenvalue weighted by molar-refractivity contribution is 5.92. The van der Waals surface area contributed by atoms with Crippen molar-refractivity contribution >= 4 is 5.97 Å². The van der Waals surface area contributed by atoms with Crippen molar-refractivity contribution in [3.63, 3.8) is 0 Å². The van der Waals surface area contributed by atoms with Crippen molar-refractivity contribution in [2.75, 3.05) is 0 Å². The van der Waals surface area contributed by atoms with E-state index in [4.69, 9.17) is 5.11 Å². The average molecular weight is 231 g/mol. The van der Waals surface area contributed by atoms with Crippen molar-refractivity contribution in [2.45, 2.75) is 0 Å². The standard InChI is InChI=1S/C13H9FO3/c14-10-3-1-2-8(6-10)9-4-5-12(15)11(7-9)13(16)17/h1-7,15H,(H,16,17)/p-1. The van der Waals surface area contributed by atoms with Gasteiger partial charge in [-0.25, -0.2) is 9.18 Å². The number of halogens is 1. The molecule has 0 bridgehead atoms. The van der Waals surface area contributed by atoms with E-state index in [-0.39, 0.29) is 5.56 Å². The van der Waals surface area contributed by atoms with Crippen molar-refractivity contribution in [2.24, 2.45) is 0 Å². The van der Waals surface area contributed by atoms with Gasteiger partial charge >= 0.3 is 5.97 Å². The van der Waals surface area contributed by atoms with Crippen molar-refractivity contribution in [1.29, 1.82) is 0 Å². The lowest BCUT2D eigenvalue weighted by Gasteiger charge is -2.11. The van der Waals surface area contributed by atoms with Gasteiger partial charge in [-0.3, -0.25) is 0 Å². The Bertz CT molecular complexity index is 579. The van der Waals surface area contributed by atoms with Crippen LogP contribution in [0.5, 0.6) is 5.75 Å². The highest BCUT2D eigenvalue weighted by Gasteiger charge is 2.06. The van der Waals surface area contributed by atoms with Crippen molar-refractivity contribution in [1.82, 2.24) is 0 Å². The Labute approximate surface area is 96.8 Å². The fourth-order valence-electron chi connectivity index (χ4n) is 1.54. The van der Waals surface area contributed by atoms with Gasteiger partial charge in [-0.2, -0.15) is 0 Å². The maximum atomic E-state index is 13.0. The zero-order valence-electron chi connectivity index (χ0n) is 8.68. The second-order valence-corrected chi connectivity index (χ2v) is 3.53. The molecule has 0 aliphatic rings. The Hall–Kier alpha value is -2.36. The Morgan fingerprint density at radius 3 is 2.47 bits per heavy atom. The van der Waals surface area contributed by atoms with Crippen LogP contribution in [0.4, 0.5) is 4.39 Å². The van der Waals surface area contributed by atoms with E-state index in [1.54, 1.807) is 6.07 Å². The molecule has 0 aliphatic heterocycles. The fraction of sp³-hybridized carbons (Fsp3) is 0. The highest BCUT2D eigenvalue weighted by atomic mass is 19.1. The first-order chi connectivity index (χ1) is 8.08. The lowest BCUT2D eigenvalue weighted by Crippen LogP contribution is -2.03. The summed E-state index contributed by atoms with van der Waals surface area (Å²) >= 11 is 0. The maximum absolute atomic E-state index is 13.0. The molecule has 86 valence electrons. The van der Waals surface area contributed by atoms with Gasteiger partial charge in [-0.05, 0) is 29.3 Å². The molecule has 0 atom stereocenters. The minimum atomic E-state index is -1.28. The largest absolute Gasteiger partial charge is 0.872 e. The molecule has 2 rings (SSSR count). The normalized spacial score (nSPS) is 10.2. The molecule has 0 aliphatic carbocycles. The van der Waals surface area contributed by atoms with E-state index in [0.29, 0.717) is 11.1 Å². The first-order valence-electron chi connectivity index (χ1n) is 4.88. The molecular weight excluding hydrogens is 223 g/mol. The molecule has 2 aromatic carbocycles. The SMILES string of the molecule is O=C(O)c1cc(-c2cccc(F)c2)ccc1[O-]. The topological polar surface area (TPSA) is 60.4 Å². The number of hydrogen-bond acceptors (Lipinski definition) is 2. The van der Waals surface area contributed by atoms with Crippen LogP contribution in [0.15, 0.2) is 42.5 Å². The van der Waals surface area contributed by atoms with E-state index in [1.165, 1.54) is 36.4 Å². The lowest BCUT2D eigenvalue weighted by molar-refractivity contribution is -0.268. The number of aromatic carboxylic acids is 1. The fourth-order valence-corrected chi connectivity index (χ4v) is 1.54. The van der Waals surface area contributed by atoms with Gasteiger partial charge in [0.2, 0.25) is 0 Å². The van der Waals surface area contributed by atoms with E-state index in [2.05, 4.69) is 0 Å². The number of carboxylic acid groups (broad SMARTS) is 1. The lowest BCUT2D eigenvalue weighted by atomic mass is 10.0. The van der Waals surface area contributed by atoms with Crippen molar-refractivity contribution in [3.05, 3.63) is 53.8 Å². The molecule has 0 spiro atoms. The molecule has 2 aromatic rings. The third-order valence-corrected chi connectivity index (χ3v) is 2.37. The van der Waals surface area contributed by atoms with E-state index >= 15 is 0 Å². The van der Waals surface area contributed by atoms with Crippen LogP contribution in [0.2, 0.25) is 0 Å². The second-order valence-electron chi connectivity index (χ2n) is 3.53. The number of hydrogen-bond donors (Lipinski definition) is 1. The first kappa shape index (κ1) is 11.1. The molecule has 0 saturated heterocycles. The zero-order chi connectivity index (χ0) is 12.4. The summed E-state index contributed by atoms with van der Waals surface area (Å²) in [5.74, 6) is -2.25. The Morgan fingerprint density at radius 1 is 1.12 bits per heavy atom. The summed E-state index contributed by atoms with van der Waals surface area (Å²) in [4.78, 5) is 10.8. The molecule has 0 fully saturated rings. The summed E-state index contributed by atoms with van der Waals surface area (Å²) in [6.45, 7) is 0. The zero-order valence-corrected chi connectivity index (χ0v) is 8.68. The molecule has 1 N–H and O–H groups in total. The van der Waals surface area contributed by atoms with Crippen LogP contribution in [0, 0.1) is 5.82 Å². The molecule has 0 amide bonds. The number of rotatable bonds is 2. The third-order valence-electron chi connectivity index (χ3n) is 2.37. The van der Waals surface area contributed by atoms with Crippen LogP contribution in [0.1, 0.15) is 10.4 Å². The summed E-state index contributed by atoms with van der Waals surface area (Å²) in [5, 5.41) is 20.1. The van der Waals surface area contributed by atoms with Crippen molar-refractivity contribution < 1.29 is 19.4 Å². The molecular formula is C13H8FO3-. The smallest absolute Gasteiger partial charge is 0.335 e. The van der Waals surface area contributed by atoms with Crippen LogP contribution < -0.4 is 5.11 Å². The maximum Gasteiger partial charge on any atom is 0.335 e. The quantitative estimate of drug-likeness (QED) is 0.862. The van der Waals surface area contributed by atoms with Crippen molar-refractivity contribution in [3.8, 4) is 16.9 Å². The van der Waals surface area contributed by atoms with Crippen LogP contribution in [-0.4, -0.2) is 11.1 Å². The first-order valence-corrected chi connectivity index (χ1v) is 4.88. The summed E-state index contributed by atoms with van der Waals surface area (Å²) in [6, 6.07) is 9.65.